The molecule has 3 nitrogen and oxygen atoms in total. The molecule has 0 bridgehead atoms. The van der Waals surface area contributed by atoms with Crippen LogP contribution in [0.5, 0.6) is 0 Å². The van der Waals surface area contributed by atoms with Crippen molar-refractivity contribution < 1.29 is 9.84 Å². The third-order valence-electron chi connectivity index (χ3n) is 4.62. The topological polar surface area (TPSA) is 32.7 Å². The lowest BCUT2D eigenvalue weighted by atomic mass is 9.73. The number of hydrogen-bond acceptors (Lipinski definition) is 3. The van der Waals surface area contributed by atoms with E-state index in [1.165, 1.54) is 0 Å². The van der Waals surface area contributed by atoms with Crippen LogP contribution in [-0.2, 0) is 4.74 Å². The Morgan fingerprint density at radius 2 is 1.82 bits per heavy atom. The van der Waals surface area contributed by atoms with Gasteiger partial charge in [-0.3, -0.25) is 0 Å². The molecule has 0 aromatic rings. The molecule has 1 N–H and O–H groups in total. The van der Waals surface area contributed by atoms with Crippen LogP contribution in [0.15, 0.2) is 0 Å². The average molecular weight is 243 g/mol. The van der Waals surface area contributed by atoms with Gasteiger partial charge in [-0.1, -0.05) is 20.8 Å². The van der Waals surface area contributed by atoms with Crippen LogP contribution in [0.4, 0.5) is 0 Å². The Hall–Kier alpha value is -0.120. The summed E-state index contributed by atoms with van der Waals surface area (Å²) in [4.78, 5) is 2.13. The zero-order valence-corrected chi connectivity index (χ0v) is 12.2. The zero-order valence-electron chi connectivity index (χ0n) is 12.2. The fourth-order valence-electron chi connectivity index (χ4n) is 2.81. The summed E-state index contributed by atoms with van der Waals surface area (Å²) in [6.45, 7) is 8.71. The van der Waals surface area contributed by atoms with Gasteiger partial charge in [0.1, 0.15) is 0 Å². The summed E-state index contributed by atoms with van der Waals surface area (Å²) in [6, 6.07) is 0.209. The van der Waals surface area contributed by atoms with Crippen LogP contribution in [0.1, 0.15) is 47.0 Å². The quantitative estimate of drug-likeness (QED) is 0.822. The molecule has 102 valence electrons. The van der Waals surface area contributed by atoms with Crippen LogP contribution < -0.4 is 0 Å². The highest BCUT2D eigenvalue weighted by Crippen LogP contribution is 2.39. The predicted octanol–water partition coefficient (Wildman–Crippen LogP) is 2.28. The Labute approximate surface area is 106 Å². The summed E-state index contributed by atoms with van der Waals surface area (Å²) in [5.41, 5.74) is 0.0718. The molecule has 0 aromatic carbocycles. The maximum absolute atomic E-state index is 10.5. The van der Waals surface area contributed by atoms with Crippen molar-refractivity contribution in [2.24, 2.45) is 5.41 Å². The van der Waals surface area contributed by atoms with Gasteiger partial charge in [0.25, 0.3) is 0 Å². The SMILES string of the molecule is CCC(C)(CC)C1OC(C)CC(N(C)C)C1O. The lowest BCUT2D eigenvalue weighted by Gasteiger charge is -2.48. The maximum atomic E-state index is 10.5. The van der Waals surface area contributed by atoms with Crippen LogP contribution >= 0.6 is 0 Å². The smallest absolute Gasteiger partial charge is 0.0962 e. The maximum Gasteiger partial charge on any atom is 0.0962 e. The lowest BCUT2D eigenvalue weighted by Crippen LogP contribution is -2.58. The van der Waals surface area contributed by atoms with Crippen molar-refractivity contribution in [1.82, 2.24) is 4.90 Å². The second-order valence-electron chi connectivity index (χ2n) is 5.99. The Bertz CT molecular complexity index is 238. The van der Waals surface area contributed by atoms with Gasteiger partial charge >= 0.3 is 0 Å². The molecule has 1 heterocycles. The first-order valence-corrected chi connectivity index (χ1v) is 6.85. The normalized spacial score (nSPS) is 35.3. The summed E-state index contributed by atoms with van der Waals surface area (Å²) in [5.74, 6) is 0. The van der Waals surface area contributed by atoms with E-state index >= 15 is 0 Å². The number of aliphatic hydroxyl groups excluding tert-OH is 1. The first-order chi connectivity index (χ1) is 7.85. The first kappa shape index (κ1) is 14.9. The molecule has 4 unspecified atom stereocenters. The second-order valence-corrected chi connectivity index (χ2v) is 5.99. The van der Waals surface area contributed by atoms with Gasteiger partial charge in [0.2, 0.25) is 0 Å². The third kappa shape index (κ3) is 3.01. The summed E-state index contributed by atoms with van der Waals surface area (Å²) in [5, 5.41) is 10.5. The van der Waals surface area contributed by atoms with E-state index in [-0.39, 0.29) is 29.8 Å². The Kier molecular flexibility index (Phi) is 4.99. The number of rotatable bonds is 4. The Balaban J connectivity index is 2.90. The molecule has 1 fully saturated rings. The van der Waals surface area contributed by atoms with E-state index in [0.29, 0.717) is 0 Å². The number of hydrogen-bond donors (Lipinski definition) is 1. The highest BCUT2D eigenvalue weighted by molar-refractivity contribution is 4.96. The fraction of sp³-hybridized carbons (Fsp3) is 1.00. The molecule has 0 spiro atoms. The van der Waals surface area contributed by atoms with Crippen molar-refractivity contribution in [3.63, 3.8) is 0 Å². The van der Waals surface area contributed by atoms with Crippen molar-refractivity contribution >= 4 is 0 Å². The van der Waals surface area contributed by atoms with Gasteiger partial charge in [-0.2, -0.15) is 0 Å². The summed E-state index contributed by atoms with van der Waals surface area (Å²) >= 11 is 0. The summed E-state index contributed by atoms with van der Waals surface area (Å²) in [7, 11) is 4.08. The average Bonchev–Trinajstić information content (AvgIpc) is 2.30. The fourth-order valence-corrected chi connectivity index (χ4v) is 2.81. The molecule has 17 heavy (non-hydrogen) atoms. The van der Waals surface area contributed by atoms with Gasteiger partial charge in [-0.15, -0.1) is 0 Å². The molecule has 1 rings (SSSR count). The summed E-state index contributed by atoms with van der Waals surface area (Å²) < 4.78 is 6.05. The molecule has 0 aromatic heterocycles. The third-order valence-corrected chi connectivity index (χ3v) is 4.62. The minimum atomic E-state index is -0.383. The molecule has 1 saturated heterocycles. The van der Waals surface area contributed by atoms with Crippen LogP contribution in [0.25, 0.3) is 0 Å². The lowest BCUT2D eigenvalue weighted by molar-refractivity contribution is -0.186. The molecular weight excluding hydrogens is 214 g/mol. The van der Waals surface area contributed by atoms with Gasteiger partial charge in [0, 0.05) is 6.04 Å². The van der Waals surface area contributed by atoms with Crippen LogP contribution in [0.2, 0.25) is 0 Å². The predicted molar refractivity (Wildman–Crippen MR) is 71.1 cm³/mol. The number of ether oxygens (including phenoxy) is 1. The number of nitrogens with zero attached hydrogens (tertiary/aromatic N) is 1. The Morgan fingerprint density at radius 1 is 1.29 bits per heavy atom. The van der Waals surface area contributed by atoms with Crippen LogP contribution in [0.3, 0.4) is 0 Å². The van der Waals surface area contributed by atoms with Gasteiger partial charge in [-0.05, 0) is 45.7 Å². The van der Waals surface area contributed by atoms with Crippen molar-refractivity contribution in [3.05, 3.63) is 0 Å². The van der Waals surface area contributed by atoms with Crippen LogP contribution in [-0.4, -0.2) is 48.5 Å². The van der Waals surface area contributed by atoms with Gasteiger partial charge in [0.05, 0.1) is 18.3 Å². The molecular formula is C14H29NO2. The molecule has 0 amide bonds. The minimum Gasteiger partial charge on any atom is -0.389 e. The minimum absolute atomic E-state index is 0.0475. The molecule has 3 heteroatoms. The monoisotopic (exact) mass is 243 g/mol. The summed E-state index contributed by atoms with van der Waals surface area (Å²) in [6.07, 6.45) is 2.79. The molecule has 1 aliphatic heterocycles. The Morgan fingerprint density at radius 3 is 2.24 bits per heavy atom. The second kappa shape index (κ2) is 5.68. The van der Waals surface area contributed by atoms with E-state index in [4.69, 9.17) is 4.74 Å². The number of likely N-dealkylation sites (N-methyl/N-ethyl adjacent to an activating group) is 1. The molecule has 4 atom stereocenters. The largest absolute Gasteiger partial charge is 0.389 e. The van der Waals surface area contributed by atoms with Crippen molar-refractivity contribution in [3.8, 4) is 0 Å². The number of aliphatic hydroxyl groups is 1. The van der Waals surface area contributed by atoms with Crippen molar-refractivity contribution in [2.75, 3.05) is 14.1 Å². The van der Waals surface area contributed by atoms with E-state index in [9.17, 15) is 5.11 Å². The van der Waals surface area contributed by atoms with E-state index < -0.39 is 0 Å². The van der Waals surface area contributed by atoms with E-state index in [1.807, 2.05) is 14.1 Å². The molecule has 0 saturated carbocycles. The van der Waals surface area contributed by atoms with E-state index in [0.717, 1.165) is 19.3 Å². The van der Waals surface area contributed by atoms with Gasteiger partial charge in [0.15, 0.2) is 0 Å². The van der Waals surface area contributed by atoms with E-state index in [1.54, 1.807) is 0 Å². The van der Waals surface area contributed by atoms with Crippen molar-refractivity contribution in [1.29, 1.82) is 0 Å². The standard InChI is InChI=1S/C14H29NO2/c1-7-14(4,8-2)13-12(16)11(15(5)6)9-10(3)17-13/h10-13,16H,7-9H2,1-6H3. The highest BCUT2D eigenvalue weighted by Gasteiger charge is 2.45. The zero-order chi connectivity index (χ0) is 13.2. The highest BCUT2D eigenvalue weighted by atomic mass is 16.5. The van der Waals surface area contributed by atoms with Crippen molar-refractivity contribution in [2.45, 2.75) is 71.3 Å². The first-order valence-electron chi connectivity index (χ1n) is 6.85. The molecule has 0 radical (unpaired) electrons. The molecule has 0 aliphatic carbocycles. The molecule has 1 aliphatic rings. The van der Waals surface area contributed by atoms with Gasteiger partial charge < -0.3 is 14.7 Å². The van der Waals surface area contributed by atoms with E-state index in [2.05, 4.69) is 32.6 Å². The van der Waals surface area contributed by atoms with Gasteiger partial charge in [-0.25, -0.2) is 0 Å². The van der Waals surface area contributed by atoms with Crippen LogP contribution in [0, 0.1) is 5.41 Å².